The summed E-state index contributed by atoms with van der Waals surface area (Å²) in [5.74, 6) is -0.915. The van der Waals surface area contributed by atoms with Crippen molar-refractivity contribution in [3.63, 3.8) is 0 Å². The molecular weight excluding hydrogens is 268 g/mol. The van der Waals surface area contributed by atoms with Gasteiger partial charge in [-0.1, -0.05) is 27.7 Å². The number of aryl methyl sites for hydroxylation is 1. The van der Waals surface area contributed by atoms with Crippen LogP contribution in [0.1, 0.15) is 54.0 Å². The number of rotatable bonds is 6. The van der Waals surface area contributed by atoms with Crippen LogP contribution < -0.4 is 11.1 Å². The number of hydrogen-bond acceptors (Lipinski definition) is 3. The number of carboxylic acids is 1. The first kappa shape index (κ1) is 17.0. The molecule has 1 rings (SSSR count). The van der Waals surface area contributed by atoms with E-state index in [4.69, 9.17) is 5.73 Å². The van der Waals surface area contributed by atoms with Crippen molar-refractivity contribution >= 4 is 17.6 Å². The van der Waals surface area contributed by atoms with Crippen molar-refractivity contribution in [1.29, 1.82) is 0 Å². The molecule has 0 radical (unpaired) electrons. The third-order valence-electron chi connectivity index (χ3n) is 3.62. The van der Waals surface area contributed by atoms with E-state index >= 15 is 0 Å². The molecule has 0 atom stereocenters. The third kappa shape index (κ3) is 3.97. The number of carboxylic acid groups (broad SMARTS) is 1. The fraction of sp³-hybridized carbons (Fsp3) is 0.500. The normalized spacial score (nSPS) is 11.2. The van der Waals surface area contributed by atoms with Crippen LogP contribution in [-0.4, -0.2) is 23.0 Å². The minimum Gasteiger partial charge on any atom is -0.478 e. The smallest absolute Gasteiger partial charge is 0.336 e. The summed E-state index contributed by atoms with van der Waals surface area (Å²) in [5.41, 5.74) is 6.91. The highest BCUT2D eigenvalue weighted by Gasteiger charge is 2.21. The van der Waals surface area contributed by atoms with Crippen molar-refractivity contribution in [2.45, 2.75) is 40.7 Å². The molecule has 5 heteroatoms. The Morgan fingerprint density at radius 3 is 2.00 bits per heavy atom. The quantitative estimate of drug-likeness (QED) is 0.751. The van der Waals surface area contributed by atoms with Gasteiger partial charge in [0.2, 0.25) is 0 Å². The van der Waals surface area contributed by atoms with Gasteiger partial charge in [0.1, 0.15) is 0 Å². The van der Waals surface area contributed by atoms with Gasteiger partial charge in [-0.3, -0.25) is 4.79 Å². The van der Waals surface area contributed by atoms with E-state index in [2.05, 4.69) is 33.0 Å². The monoisotopic (exact) mass is 292 g/mol. The van der Waals surface area contributed by atoms with Crippen molar-refractivity contribution in [2.24, 2.45) is 17.6 Å². The van der Waals surface area contributed by atoms with Crippen molar-refractivity contribution in [1.82, 2.24) is 0 Å². The van der Waals surface area contributed by atoms with Gasteiger partial charge in [-0.2, -0.15) is 0 Å². The summed E-state index contributed by atoms with van der Waals surface area (Å²) in [5, 5.41) is 12.5. The Bertz CT molecular complexity index is 543. The number of carbonyl (C=O) groups excluding carboxylic acids is 1. The van der Waals surface area contributed by atoms with Gasteiger partial charge in [0.25, 0.3) is 5.91 Å². The summed E-state index contributed by atoms with van der Waals surface area (Å²) in [7, 11) is 0. The summed E-state index contributed by atoms with van der Waals surface area (Å²) < 4.78 is 0. The van der Waals surface area contributed by atoms with E-state index in [0.29, 0.717) is 28.7 Å². The van der Waals surface area contributed by atoms with E-state index in [1.807, 2.05) is 0 Å². The molecule has 0 fully saturated rings. The Kier molecular flexibility index (Phi) is 5.35. The van der Waals surface area contributed by atoms with Crippen LogP contribution in [0.3, 0.4) is 0 Å². The van der Waals surface area contributed by atoms with Crippen LogP contribution in [-0.2, 0) is 0 Å². The van der Waals surface area contributed by atoms with Gasteiger partial charge >= 0.3 is 5.97 Å². The van der Waals surface area contributed by atoms with E-state index in [-0.39, 0.29) is 11.6 Å². The highest BCUT2D eigenvalue weighted by atomic mass is 16.4. The molecule has 1 amide bonds. The second-order valence-corrected chi connectivity index (χ2v) is 6.04. The third-order valence-corrected chi connectivity index (χ3v) is 3.62. The Morgan fingerprint density at radius 2 is 1.62 bits per heavy atom. The number of carbonyl (C=O) groups is 2. The summed E-state index contributed by atoms with van der Waals surface area (Å²) in [6, 6.07) is 3.15. The first-order chi connectivity index (χ1) is 9.65. The minimum absolute atomic E-state index is 0.118. The van der Waals surface area contributed by atoms with Crippen LogP contribution >= 0.6 is 0 Å². The van der Waals surface area contributed by atoms with Crippen LogP contribution in [0.2, 0.25) is 0 Å². The van der Waals surface area contributed by atoms with Crippen molar-refractivity contribution < 1.29 is 14.7 Å². The maximum atomic E-state index is 11.6. The molecule has 0 aromatic heterocycles. The number of amides is 1. The first-order valence-corrected chi connectivity index (χ1v) is 7.09. The predicted molar refractivity (Wildman–Crippen MR) is 83.7 cm³/mol. The van der Waals surface area contributed by atoms with Crippen LogP contribution in [0.15, 0.2) is 12.1 Å². The lowest BCUT2D eigenvalue weighted by atomic mass is 9.92. The Balaban J connectivity index is 3.34. The standard InChI is InChI=1S/C16H24N2O3/c1-8(2)14(9(3)4)18-13-7-11(16(20)21)10(5)6-12(13)15(17)19/h6-9,14,18H,1-5H3,(H2,17,19)(H,20,21). The second-order valence-electron chi connectivity index (χ2n) is 6.04. The van der Waals surface area contributed by atoms with Gasteiger partial charge in [0, 0.05) is 11.7 Å². The molecule has 0 saturated carbocycles. The fourth-order valence-corrected chi connectivity index (χ4v) is 2.54. The van der Waals surface area contributed by atoms with E-state index in [1.54, 1.807) is 6.92 Å². The average Bonchev–Trinajstić information content (AvgIpc) is 2.35. The van der Waals surface area contributed by atoms with Gasteiger partial charge < -0.3 is 16.2 Å². The number of nitrogens with two attached hydrogens (primary N) is 1. The van der Waals surface area contributed by atoms with Crippen molar-refractivity contribution in [2.75, 3.05) is 5.32 Å². The van der Waals surface area contributed by atoms with Crippen LogP contribution in [0.25, 0.3) is 0 Å². The van der Waals surface area contributed by atoms with Gasteiger partial charge in [-0.25, -0.2) is 4.79 Å². The summed E-state index contributed by atoms with van der Waals surface area (Å²) in [6.45, 7) is 9.96. The number of aromatic carboxylic acids is 1. The van der Waals surface area contributed by atoms with Gasteiger partial charge in [-0.05, 0) is 36.5 Å². The Labute approximate surface area is 125 Å². The number of benzene rings is 1. The van der Waals surface area contributed by atoms with E-state index in [0.717, 1.165) is 0 Å². The molecule has 0 unspecified atom stereocenters. The molecule has 0 aliphatic carbocycles. The summed E-state index contributed by atoms with van der Waals surface area (Å²) >= 11 is 0. The maximum absolute atomic E-state index is 11.6. The molecule has 0 aliphatic rings. The predicted octanol–water partition coefficient (Wildman–Crippen LogP) is 2.88. The highest BCUT2D eigenvalue weighted by molar-refractivity contribution is 6.01. The number of primary amides is 1. The molecule has 116 valence electrons. The zero-order chi connectivity index (χ0) is 16.3. The molecule has 0 saturated heterocycles. The Hall–Kier alpha value is -2.04. The van der Waals surface area contributed by atoms with Crippen molar-refractivity contribution in [3.8, 4) is 0 Å². The van der Waals surface area contributed by atoms with Crippen LogP contribution in [0.5, 0.6) is 0 Å². The largest absolute Gasteiger partial charge is 0.478 e. The van der Waals surface area contributed by atoms with E-state index < -0.39 is 11.9 Å². The first-order valence-electron chi connectivity index (χ1n) is 7.09. The molecule has 5 nitrogen and oxygen atoms in total. The number of hydrogen-bond donors (Lipinski definition) is 3. The summed E-state index contributed by atoms with van der Waals surface area (Å²) in [6.07, 6.45) is 0. The molecule has 0 spiro atoms. The van der Waals surface area contributed by atoms with E-state index in [1.165, 1.54) is 12.1 Å². The van der Waals surface area contributed by atoms with Gasteiger partial charge in [0.05, 0.1) is 11.1 Å². The molecule has 0 heterocycles. The van der Waals surface area contributed by atoms with E-state index in [9.17, 15) is 14.7 Å². The second kappa shape index (κ2) is 6.61. The lowest BCUT2D eigenvalue weighted by molar-refractivity contribution is 0.0695. The molecule has 0 aliphatic heterocycles. The van der Waals surface area contributed by atoms with Crippen LogP contribution in [0.4, 0.5) is 5.69 Å². The van der Waals surface area contributed by atoms with Crippen LogP contribution in [0, 0.1) is 18.8 Å². The lowest BCUT2D eigenvalue weighted by Crippen LogP contribution is -2.32. The summed E-state index contributed by atoms with van der Waals surface area (Å²) in [4.78, 5) is 22.9. The lowest BCUT2D eigenvalue weighted by Gasteiger charge is -2.28. The molecule has 1 aromatic carbocycles. The van der Waals surface area contributed by atoms with Gasteiger partial charge in [-0.15, -0.1) is 0 Å². The molecular formula is C16H24N2O3. The molecule has 1 aromatic rings. The average molecular weight is 292 g/mol. The zero-order valence-corrected chi connectivity index (χ0v) is 13.2. The SMILES string of the molecule is Cc1cc(C(N)=O)c(NC(C(C)C)C(C)C)cc1C(=O)O. The minimum atomic E-state index is -1.02. The van der Waals surface area contributed by atoms with Gasteiger partial charge in [0.15, 0.2) is 0 Å². The topological polar surface area (TPSA) is 92.4 Å². The fourth-order valence-electron chi connectivity index (χ4n) is 2.54. The Morgan fingerprint density at radius 1 is 1.10 bits per heavy atom. The van der Waals surface area contributed by atoms with Crippen molar-refractivity contribution in [3.05, 3.63) is 28.8 Å². The molecule has 4 N–H and O–H groups in total. The molecule has 0 bridgehead atoms. The molecule has 21 heavy (non-hydrogen) atoms. The maximum Gasteiger partial charge on any atom is 0.336 e. The number of anilines is 1. The zero-order valence-electron chi connectivity index (χ0n) is 13.2. The number of nitrogens with one attached hydrogen (secondary N) is 1. The highest BCUT2D eigenvalue weighted by Crippen LogP contribution is 2.25.